The average molecular weight is 366 g/mol. The van der Waals surface area contributed by atoms with Crippen molar-refractivity contribution in [3.63, 3.8) is 0 Å². The third kappa shape index (κ3) is 7.04. The summed E-state index contributed by atoms with van der Waals surface area (Å²) in [6, 6.07) is 0. The molecule has 0 aromatic rings. The quantitative estimate of drug-likeness (QED) is 0.291. The molecule has 0 fully saturated rings. The van der Waals surface area contributed by atoms with Crippen LogP contribution in [0.3, 0.4) is 0 Å². The number of ketones is 1. The molecule has 0 saturated heterocycles. The van der Waals surface area contributed by atoms with Crippen molar-refractivity contribution >= 4 is 11.8 Å². The first-order chi connectivity index (χ1) is 12.3. The van der Waals surface area contributed by atoms with E-state index in [0.717, 1.165) is 6.42 Å². The Labute approximate surface area is 157 Å². The number of hydrogen-bond acceptors (Lipinski definition) is 4. The molecule has 5 heteroatoms. The zero-order valence-corrected chi connectivity index (χ0v) is 16.3. The first kappa shape index (κ1) is 22.6. The normalized spacial score (nSPS) is 25.1. The van der Waals surface area contributed by atoms with Gasteiger partial charge in [0.1, 0.15) is 0 Å². The highest BCUT2D eigenvalue weighted by Gasteiger charge is 2.40. The van der Waals surface area contributed by atoms with E-state index in [4.69, 9.17) is 14.9 Å². The summed E-state index contributed by atoms with van der Waals surface area (Å²) >= 11 is 0. The zero-order chi connectivity index (χ0) is 19.6. The summed E-state index contributed by atoms with van der Waals surface area (Å²) in [6.07, 6.45) is 13.3. The van der Waals surface area contributed by atoms with Crippen molar-refractivity contribution in [1.29, 1.82) is 0 Å². The van der Waals surface area contributed by atoms with E-state index in [0.29, 0.717) is 18.8 Å². The number of carboxylic acid groups (broad SMARTS) is 1. The van der Waals surface area contributed by atoms with Crippen LogP contribution >= 0.6 is 0 Å². The number of ether oxygens (including phenoxy) is 1. The van der Waals surface area contributed by atoms with Crippen LogP contribution in [0, 0.1) is 17.3 Å². The van der Waals surface area contributed by atoms with Crippen molar-refractivity contribution in [3.05, 3.63) is 24.3 Å². The number of unbranched alkanes of at least 4 members (excludes halogenated alkanes) is 3. The average Bonchev–Trinajstić information content (AvgIpc) is 2.87. The first-order valence-corrected chi connectivity index (χ1v) is 9.74. The van der Waals surface area contributed by atoms with Crippen molar-refractivity contribution in [3.8, 4) is 0 Å². The van der Waals surface area contributed by atoms with Crippen molar-refractivity contribution in [2.24, 2.45) is 17.3 Å². The molecule has 0 radical (unpaired) electrons. The van der Waals surface area contributed by atoms with E-state index in [1.54, 1.807) is 6.08 Å². The molecule has 0 bridgehead atoms. The molecule has 1 aliphatic rings. The molecule has 0 amide bonds. The SMILES string of the molecule is CCCCCC(C)C=C[C@H]1C=CC(=O)[C@]1(C)CCCCOC(O)C(=O)O. The van der Waals surface area contributed by atoms with Gasteiger partial charge < -0.3 is 14.9 Å². The number of aliphatic hydroxyl groups is 1. The second-order valence-corrected chi connectivity index (χ2v) is 7.54. The van der Waals surface area contributed by atoms with E-state index < -0.39 is 17.7 Å². The smallest absolute Gasteiger partial charge is 0.360 e. The lowest BCUT2D eigenvalue weighted by molar-refractivity contribution is -0.176. The van der Waals surface area contributed by atoms with Gasteiger partial charge in [-0.25, -0.2) is 4.79 Å². The number of aliphatic carboxylic acids is 1. The van der Waals surface area contributed by atoms with Gasteiger partial charge in [0.05, 0.1) is 6.61 Å². The van der Waals surface area contributed by atoms with E-state index in [1.165, 1.54) is 25.7 Å². The van der Waals surface area contributed by atoms with E-state index in [9.17, 15) is 9.59 Å². The Balaban J connectivity index is 2.45. The molecule has 0 aromatic heterocycles. The Morgan fingerprint density at radius 3 is 2.73 bits per heavy atom. The number of carbonyl (C=O) groups is 2. The van der Waals surface area contributed by atoms with Crippen LogP contribution in [0.4, 0.5) is 0 Å². The Kier molecular flexibility index (Phi) is 9.81. The standard InChI is InChI=1S/C21H34O5/c1-4-5-6-9-16(2)10-11-17-12-13-18(22)21(17,3)14-7-8-15-26-20(25)19(23)24/h10-13,16-17,20,25H,4-9,14-15H2,1-3H3,(H,23,24)/t16?,17-,20?,21+/m0/s1. The molecule has 2 N–H and O–H groups in total. The summed E-state index contributed by atoms with van der Waals surface area (Å²) in [4.78, 5) is 22.8. The molecular weight excluding hydrogens is 332 g/mol. The molecule has 0 spiro atoms. The zero-order valence-electron chi connectivity index (χ0n) is 16.3. The summed E-state index contributed by atoms with van der Waals surface area (Å²) in [5, 5.41) is 17.6. The lowest BCUT2D eigenvalue weighted by atomic mass is 9.74. The van der Waals surface area contributed by atoms with Crippen LogP contribution in [-0.4, -0.2) is 34.9 Å². The summed E-state index contributed by atoms with van der Waals surface area (Å²) in [5.41, 5.74) is -0.439. The number of hydrogen-bond donors (Lipinski definition) is 2. The minimum atomic E-state index is -1.77. The lowest BCUT2D eigenvalue weighted by Gasteiger charge is -2.28. The van der Waals surface area contributed by atoms with Crippen molar-refractivity contribution in [1.82, 2.24) is 0 Å². The number of rotatable bonds is 13. The minimum Gasteiger partial charge on any atom is -0.477 e. The molecule has 5 nitrogen and oxygen atoms in total. The van der Waals surface area contributed by atoms with Crippen molar-refractivity contribution < 1.29 is 24.5 Å². The van der Waals surface area contributed by atoms with Gasteiger partial charge in [-0.3, -0.25) is 4.79 Å². The molecule has 1 aliphatic carbocycles. The first-order valence-electron chi connectivity index (χ1n) is 9.74. The molecule has 0 heterocycles. The largest absolute Gasteiger partial charge is 0.477 e. The van der Waals surface area contributed by atoms with E-state index in [-0.39, 0.29) is 18.3 Å². The highest BCUT2D eigenvalue weighted by molar-refractivity contribution is 5.97. The summed E-state index contributed by atoms with van der Waals surface area (Å²) < 4.78 is 4.82. The van der Waals surface area contributed by atoms with Gasteiger partial charge in [-0.2, -0.15) is 0 Å². The predicted octanol–water partition coefficient (Wildman–Crippen LogP) is 4.11. The van der Waals surface area contributed by atoms with Gasteiger partial charge in [0.15, 0.2) is 5.78 Å². The van der Waals surface area contributed by atoms with Gasteiger partial charge in [-0.1, -0.05) is 64.7 Å². The van der Waals surface area contributed by atoms with Crippen molar-refractivity contribution in [2.45, 2.75) is 72.0 Å². The van der Waals surface area contributed by atoms with Gasteiger partial charge in [-0.05, 0) is 31.3 Å². The van der Waals surface area contributed by atoms with E-state index in [2.05, 4.69) is 26.0 Å². The number of carboxylic acids is 1. The van der Waals surface area contributed by atoms with E-state index in [1.807, 2.05) is 13.0 Å². The second-order valence-electron chi connectivity index (χ2n) is 7.54. The van der Waals surface area contributed by atoms with Crippen molar-refractivity contribution in [2.75, 3.05) is 6.61 Å². The maximum Gasteiger partial charge on any atom is 0.360 e. The molecule has 0 saturated carbocycles. The minimum absolute atomic E-state index is 0.106. The van der Waals surface area contributed by atoms with Crippen LogP contribution in [0.15, 0.2) is 24.3 Å². The lowest BCUT2D eigenvalue weighted by Crippen LogP contribution is -2.29. The Morgan fingerprint density at radius 1 is 1.35 bits per heavy atom. The van der Waals surface area contributed by atoms with Gasteiger partial charge in [-0.15, -0.1) is 0 Å². The fourth-order valence-electron chi connectivity index (χ4n) is 3.31. The van der Waals surface area contributed by atoms with Crippen LogP contribution in [0.5, 0.6) is 0 Å². The van der Waals surface area contributed by atoms with Crippen LogP contribution in [-0.2, 0) is 14.3 Å². The van der Waals surface area contributed by atoms with Crippen LogP contribution < -0.4 is 0 Å². The van der Waals surface area contributed by atoms with Gasteiger partial charge in [0.2, 0.25) is 0 Å². The molecule has 26 heavy (non-hydrogen) atoms. The van der Waals surface area contributed by atoms with Gasteiger partial charge >= 0.3 is 5.97 Å². The molecular formula is C21H34O5. The number of carbonyl (C=O) groups excluding carboxylic acids is 1. The number of allylic oxidation sites excluding steroid dienone is 4. The molecule has 4 atom stereocenters. The second kappa shape index (κ2) is 11.3. The van der Waals surface area contributed by atoms with E-state index >= 15 is 0 Å². The highest BCUT2D eigenvalue weighted by Crippen LogP contribution is 2.41. The number of aliphatic hydroxyl groups excluding tert-OH is 1. The topological polar surface area (TPSA) is 83.8 Å². The summed E-state index contributed by atoms with van der Waals surface area (Å²) in [7, 11) is 0. The highest BCUT2D eigenvalue weighted by atomic mass is 16.6. The fraction of sp³-hybridized carbons (Fsp3) is 0.714. The Bertz CT molecular complexity index is 511. The predicted molar refractivity (Wildman–Crippen MR) is 102 cm³/mol. The summed E-state index contributed by atoms with van der Waals surface area (Å²) in [6.45, 7) is 6.59. The fourth-order valence-corrected chi connectivity index (χ4v) is 3.31. The third-order valence-corrected chi connectivity index (χ3v) is 5.24. The maximum atomic E-state index is 12.4. The summed E-state index contributed by atoms with van der Waals surface area (Å²) in [5.74, 6) is -0.613. The van der Waals surface area contributed by atoms with Gasteiger partial charge in [0.25, 0.3) is 6.29 Å². The maximum absolute atomic E-state index is 12.4. The molecule has 148 valence electrons. The third-order valence-electron chi connectivity index (χ3n) is 5.24. The molecule has 2 unspecified atom stereocenters. The monoisotopic (exact) mass is 366 g/mol. The van der Waals surface area contributed by atoms with Crippen LogP contribution in [0.25, 0.3) is 0 Å². The molecule has 1 rings (SSSR count). The van der Waals surface area contributed by atoms with Crippen LogP contribution in [0.1, 0.15) is 65.7 Å². The molecule has 0 aromatic carbocycles. The van der Waals surface area contributed by atoms with Crippen LogP contribution in [0.2, 0.25) is 0 Å². The Hall–Kier alpha value is -1.46. The van der Waals surface area contributed by atoms with Gasteiger partial charge in [0, 0.05) is 11.3 Å². The Morgan fingerprint density at radius 2 is 2.08 bits per heavy atom. The molecule has 0 aliphatic heterocycles.